The molecule has 0 bridgehead atoms. The van der Waals surface area contributed by atoms with E-state index >= 15 is 0 Å². The molecule has 0 amide bonds. The first-order valence-corrected chi connectivity index (χ1v) is 15.9. The van der Waals surface area contributed by atoms with Crippen molar-refractivity contribution in [3.05, 3.63) is 175 Å². The minimum absolute atomic E-state index is 0.854. The Morgan fingerprint density at radius 3 is 1.93 bits per heavy atom. The summed E-state index contributed by atoms with van der Waals surface area (Å²) in [4.78, 5) is 0. The average Bonchev–Trinajstić information content (AvgIpc) is 3.50. The summed E-state index contributed by atoms with van der Waals surface area (Å²) >= 11 is 0. The Labute approximate surface area is 267 Å². The highest BCUT2D eigenvalue weighted by atomic mass is 16.3. The molecule has 9 rings (SSSR count). The summed E-state index contributed by atoms with van der Waals surface area (Å²) in [6.07, 6.45) is 5.50. The summed E-state index contributed by atoms with van der Waals surface area (Å²) in [6.45, 7) is 0. The Balaban J connectivity index is 1.10. The molecule has 0 N–H and O–H groups in total. The predicted molar refractivity (Wildman–Crippen MR) is 196 cm³/mol. The van der Waals surface area contributed by atoms with E-state index in [-0.39, 0.29) is 0 Å². The Hall–Kier alpha value is -5.92. The van der Waals surface area contributed by atoms with Crippen molar-refractivity contribution in [3.63, 3.8) is 0 Å². The first-order chi connectivity index (χ1) is 22.8. The highest BCUT2D eigenvalue weighted by Crippen LogP contribution is 2.43. The van der Waals surface area contributed by atoms with Crippen molar-refractivity contribution in [3.8, 4) is 22.3 Å². The first-order valence-electron chi connectivity index (χ1n) is 15.9. The summed E-state index contributed by atoms with van der Waals surface area (Å²) in [6, 6.07) is 56.7. The molecule has 1 heteroatoms. The Bertz CT molecular complexity index is 2580. The fourth-order valence-corrected chi connectivity index (χ4v) is 7.12. The van der Waals surface area contributed by atoms with Crippen molar-refractivity contribution < 1.29 is 4.42 Å². The van der Waals surface area contributed by atoms with Crippen molar-refractivity contribution in [1.29, 1.82) is 0 Å². The van der Waals surface area contributed by atoms with Gasteiger partial charge in [0, 0.05) is 10.8 Å². The van der Waals surface area contributed by atoms with E-state index in [2.05, 4.69) is 158 Å². The van der Waals surface area contributed by atoms with Crippen LogP contribution in [0.5, 0.6) is 0 Å². The van der Waals surface area contributed by atoms with Gasteiger partial charge in [-0.25, -0.2) is 0 Å². The van der Waals surface area contributed by atoms with Crippen LogP contribution in [0, 0.1) is 0 Å². The van der Waals surface area contributed by atoms with E-state index < -0.39 is 0 Å². The van der Waals surface area contributed by atoms with Crippen LogP contribution in [-0.4, -0.2) is 0 Å². The molecule has 0 spiro atoms. The third kappa shape index (κ3) is 4.40. The molecule has 0 aliphatic rings. The second kappa shape index (κ2) is 10.9. The normalized spacial score (nSPS) is 11.9. The maximum absolute atomic E-state index is 6.14. The molecule has 1 heterocycles. The molecule has 216 valence electrons. The van der Waals surface area contributed by atoms with E-state index in [1.165, 1.54) is 60.1 Å². The van der Waals surface area contributed by atoms with Crippen molar-refractivity contribution in [1.82, 2.24) is 0 Å². The van der Waals surface area contributed by atoms with Crippen LogP contribution in [0.2, 0.25) is 0 Å². The zero-order valence-corrected chi connectivity index (χ0v) is 25.3. The first kappa shape index (κ1) is 26.5. The van der Waals surface area contributed by atoms with E-state index in [1.807, 2.05) is 12.1 Å². The van der Waals surface area contributed by atoms with E-state index in [0.29, 0.717) is 0 Å². The van der Waals surface area contributed by atoms with Crippen LogP contribution in [0.25, 0.3) is 82.6 Å². The van der Waals surface area contributed by atoms with Crippen LogP contribution in [0.15, 0.2) is 168 Å². The quantitative estimate of drug-likeness (QED) is 0.144. The van der Waals surface area contributed by atoms with Crippen LogP contribution in [0.4, 0.5) is 0 Å². The van der Waals surface area contributed by atoms with Crippen LogP contribution in [0.1, 0.15) is 11.1 Å². The lowest BCUT2D eigenvalue weighted by Crippen LogP contribution is -1.91. The van der Waals surface area contributed by atoms with E-state index in [9.17, 15) is 0 Å². The zero-order chi connectivity index (χ0) is 30.5. The summed E-state index contributed by atoms with van der Waals surface area (Å²) in [5.41, 5.74) is 9.31. The summed E-state index contributed by atoms with van der Waals surface area (Å²) in [5, 5.41) is 10.0. The molecule has 46 heavy (non-hydrogen) atoms. The molecule has 9 aromatic rings. The van der Waals surface area contributed by atoms with Gasteiger partial charge >= 0.3 is 0 Å². The summed E-state index contributed by atoms with van der Waals surface area (Å²) < 4.78 is 6.14. The molecule has 1 nitrogen and oxygen atoms in total. The number of rotatable bonds is 5. The van der Waals surface area contributed by atoms with Gasteiger partial charge < -0.3 is 4.42 Å². The zero-order valence-electron chi connectivity index (χ0n) is 25.3. The molecule has 0 aliphatic heterocycles. The highest BCUT2D eigenvalue weighted by molar-refractivity contribution is 6.25. The van der Waals surface area contributed by atoms with Gasteiger partial charge in [-0.2, -0.15) is 0 Å². The fourth-order valence-electron chi connectivity index (χ4n) is 7.12. The van der Waals surface area contributed by atoms with Gasteiger partial charge in [0.25, 0.3) is 0 Å². The van der Waals surface area contributed by atoms with Gasteiger partial charge in [0.1, 0.15) is 11.2 Å². The molecular weight excluding hydrogens is 556 g/mol. The van der Waals surface area contributed by atoms with Crippen molar-refractivity contribution in [2.24, 2.45) is 0 Å². The lowest BCUT2D eigenvalue weighted by molar-refractivity contribution is 0.669. The third-order valence-corrected chi connectivity index (χ3v) is 9.32. The van der Waals surface area contributed by atoms with E-state index in [0.717, 1.165) is 33.9 Å². The smallest absolute Gasteiger partial charge is 0.136 e. The summed E-state index contributed by atoms with van der Waals surface area (Å²) in [5.74, 6) is 0. The standard InChI is InChI=1S/C45H30O/c1-2-13-33(14-3-1)44-40-18-7-6-16-36(40)37(41-28-25-32-12-4-5-15-35(32)45(41)44)19-10-11-30-21-23-31(24-22-30)34-26-27-39-38-17-8-9-20-42(38)46-43(39)29-34/h1-10,12-29H,11H2/b19-10+. The van der Waals surface area contributed by atoms with Gasteiger partial charge in [0.15, 0.2) is 0 Å². The van der Waals surface area contributed by atoms with Gasteiger partial charge in [0.05, 0.1) is 0 Å². The Kier molecular flexibility index (Phi) is 6.28. The van der Waals surface area contributed by atoms with Crippen LogP contribution in [-0.2, 0) is 6.42 Å². The van der Waals surface area contributed by atoms with Gasteiger partial charge in [-0.05, 0) is 90.3 Å². The second-order valence-corrected chi connectivity index (χ2v) is 12.0. The molecule has 0 saturated carbocycles. The van der Waals surface area contributed by atoms with Gasteiger partial charge in [-0.15, -0.1) is 0 Å². The van der Waals surface area contributed by atoms with Crippen molar-refractivity contribution >= 4 is 60.3 Å². The highest BCUT2D eigenvalue weighted by Gasteiger charge is 2.16. The minimum atomic E-state index is 0.854. The Morgan fingerprint density at radius 2 is 1.09 bits per heavy atom. The maximum Gasteiger partial charge on any atom is 0.136 e. The van der Waals surface area contributed by atoms with Gasteiger partial charge in [-0.3, -0.25) is 0 Å². The molecule has 0 aliphatic carbocycles. The molecule has 0 fully saturated rings. The third-order valence-electron chi connectivity index (χ3n) is 9.32. The number of benzene rings is 8. The average molecular weight is 587 g/mol. The molecule has 0 radical (unpaired) electrons. The van der Waals surface area contributed by atoms with Crippen LogP contribution >= 0.6 is 0 Å². The lowest BCUT2D eigenvalue weighted by Gasteiger charge is -2.17. The van der Waals surface area contributed by atoms with Crippen LogP contribution in [0.3, 0.4) is 0 Å². The number of hydrogen-bond donors (Lipinski definition) is 0. The van der Waals surface area contributed by atoms with Gasteiger partial charge in [-0.1, -0.05) is 152 Å². The largest absolute Gasteiger partial charge is 0.456 e. The predicted octanol–water partition coefficient (Wildman–Crippen LogP) is 12.6. The Morgan fingerprint density at radius 1 is 0.435 bits per heavy atom. The lowest BCUT2D eigenvalue weighted by atomic mass is 9.86. The topological polar surface area (TPSA) is 13.1 Å². The maximum atomic E-state index is 6.14. The monoisotopic (exact) mass is 586 g/mol. The second-order valence-electron chi connectivity index (χ2n) is 12.0. The fraction of sp³-hybridized carbons (Fsp3) is 0.0222. The van der Waals surface area contributed by atoms with E-state index in [1.54, 1.807) is 0 Å². The molecule has 0 saturated heterocycles. The summed E-state index contributed by atoms with van der Waals surface area (Å²) in [7, 11) is 0. The SMILES string of the molecule is C(=C\c1c2ccccc2c(-c2ccccc2)c2c1ccc1ccccc12)/Cc1ccc(-c2ccc3c(c2)oc2ccccc23)cc1. The molecule has 1 aromatic heterocycles. The number of allylic oxidation sites excluding steroid dienone is 1. The number of para-hydroxylation sites is 1. The minimum Gasteiger partial charge on any atom is -0.456 e. The molecule has 0 atom stereocenters. The van der Waals surface area contributed by atoms with Crippen LogP contribution < -0.4 is 0 Å². The van der Waals surface area contributed by atoms with E-state index in [4.69, 9.17) is 4.42 Å². The van der Waals surface area contributed by atoms with Crippen molar-refractivity contribution in [2.45, 2.75) is 6.42 Å². The molecular formula is C45H30O. The number of fused-ring (bicyclic) bond motifs is 7. The van der Waals surface area contributed by atoms with Gasteiger partial charge in [0.2, 0.25) is 0 Å². The number of furan rings is 1. The number of hydrogen-bond acceptors (Lipinski definition) is 1. The molecule has 0 unspecified atom stereocenters. The van der Waals surface area contributed by atoms with Crippen molar-refractivity contribution in [2.75, 3.05) is 0 Å². The molecule has 8 aromatic carbocycles.